The fourth-order valence-corrected chi connectivity index (χ4v) is 3.35. The first-order chi connectivity index (χ1) is 5.67. The van der Waals surface area contributed by atoms with Gasteiger partial charge in [0, 0.05) is 0 Å². The molecule has 1 rings (SSSR count). The summed E-state index contributed by atoms with van der Waals surface area (Å²) in [6.45, 7) is 11.7. The van der Waals surface area contributed by atoms with E-state index in [0.29, 0.717) is 16.7 Å². The molecule has 0 amide bonds. The Kier molecular flexibility index (Phi) is 3.06. The van der Waals surface area contributed by atoms with E-state index in [1.54, 1.807) is 0 Å². The van der Waals surface area contributed by atoms with E-state index in [9.17, 15) is 0 Å². The van der Waals surface area contributed by atoms with Crippen LogP contribution < -0.4 is 0 Å². The Balaban J connectivity index is 2.79. The fourth-order valence-electron chi connectivity index (χ4n) is 2.78. The molecule has 1 saturated carbocycles. The summed E-state index contributed by atoms with van der Waals surface area (Å²) >= 11 is 6.88. The van der Waals surface area contributed by atoms with Crippen LogP contribution in [0.15, 0.2) is 9.47 Å². The molecule has 0 aromatic carbocycles. The van der Waals surface area contributed by atoms with Crippen LogP contribution in [0.2, 0.25) is 0 Å². The van der Waals surface area contributed by atoms with Crippen LogP contribution in [0.1, 0.15) is 34.6 Å². The Bertz CT molecular complexity index is 229. The van der Waals surface area contributed by atoms with Crippen molar-refractivity contribution in [2.45, 2.75) is 34.6 Å². The van der Waals surface area contributed by atoms with Crippen LogP contribution in [0.25, 0.3) is 0 Å². The molecule has 2 atom stereocenters. The molecule has 0 aromatic rings. The van der Waals surface area contributed by atoms with Gasteiger partial charge in [-0.15, -0.1) is 0 Å². The van der Waals surface area contributed by atoms with Crippen molar-refractivity contribution < 1.29 is 0 Å². The molecule has 13 heavy (non-hydrogen) atoms. The highest BCUT2D eigenvalue weighted by Crippen LogP contribution is 2.66. The highest BCUT2D eigenvalue weighted by atomic mass is 79.9. The van der Waals surface area contributed by atoms with E-state index >= 15 is 0 Å². The van der Waals surface area contributed by atoms with E-state index in [1.807, 2.05) is 0 Å². The third kappa shape index (κ3) is 2.38. The summed E-state index contributed by atoms with van der Waals surface area (Å²) in [7, 11) is 0. The standard InChI is InChI=1S/C11H18Br2/c1-10(2,3)9-7(6-8(12)13)11(9,4)5/h6-7,9H,1-5H3/t7-,9+/m0/s1. The molecule has 0 heterocycles. The molecular formula is C11H18Br2. The summed E-state index contributed by atoms with van der Waals surface area (Å²) in [5.74, 6) is 1.51. The van der Waals surface area contributed by atoms with Gasteiger partial charge in [-0.25, -0.2) is 0 Å². The second-order valence-electron chi connectivity index (χ2n) is 5.65. The molecule has 0 saturated heterocycles. The minimum Gasteiger partial charge on any atom is -0.0599 e. The summed E-state index contributed by atoms with van der Waals surface area (Å²) in [6.07, 6.45) is 2.29. The minimum atomic E-state index is 0.417. The van der Waals surface area contributed by atoms with Gasteiger partial charge in [0.15, 0.2) is 0 Å². The zero-order valence-corrected chi connectivity index (χ0v) is 12.2. The van der Waals surface area contributed by atoms with Crippen LogP contribution in [0.3, 0.4) is 0 Å². The third-order valence-corrected chi connectivity index (χ3v) is 3.68. The largest absolute Gasteiger partial charge is 0.0599 e. The second-order valence-corrected chi connectivity index (χ2v) is 8.42. The van der Waals surface area contributed by atoms with Gasteiger partial charge >= 0.3 is 0 Å². The van der Waals surface area contributed by atoms with Gasteiger partial charge in [0.2, 0.25) is 0 Å². The van der Waals surface area contributed by atoms with Gasteiger partial charge in [-0.2, -0.15) is 0 Å². The van der Waals surface area contributed by atoms with Crippen LogP contribution in [-0.2, 0) is 0 Å². The molecule has 76 valence electrons. The van der Waals surface area contributed by atoms with Crippen molar-refractivity contribution in [2.75, 3.05) is 0 Å². The monoisotopic (exact) mass is 308 g/mol. The van der Waals surface area contributed by atoms with Gasteiger partial charge in [0.25, 0.3) is 0 Å². The molecule has 1 aliphatic carbocycles. The van der Waals surface area contributed by atoms with Crippen LogP contribution in [0, 0.1) is 22.7 Å². The molecule has 2 heteroatoms. The lowest BCUT2D eigenvalue weighted by atomic mass is 9.85. The normalized spacial score (nSPS) is 31.3. The number of hydrogen-bond acceptors (Lipinski definition) is 0. The lowest BCUT2D eigenvalue weighted by molar-refractivity contribution is 0.298. The average Bonchev–Trinajstić information content (AvgIpc) is 2.29. The molecule has 0 N–H and O–H groups in total. The van der Waals surface area contributed by atoms with Gasteiger partial charge in [-0.1, -0.05) is 40.7 Å². The molecule has 0 nitrogen and oxygen atoms in total. The quantitative estimate of drug-likeness (QED) is 0.644. The molecule has 0 aliphatic heterocycles. The van der Waals surface area contributed by atoms with Crippen LogP contribution in [-0.4, -0.2) is 0 Å². The topological polar surface area (TPSA) is 0 Å². The van der Waals surface area contributed by atoms with Gasteiger partial charge in [-0.3, -0.25) is 0 Å². The van der Waals surface area contributed by atoms with E-state index in [2.05, 4.69) is 72.6 Å². The number of halogens is 2. The first-order valence-corrected chi connectivity index (χ1v) is 6.29. The van der Waals surface area contributed by atoms with E-state index in [-0.39, 0.29) is 0 Å². The van der Waals surface area contributed by atoms with Crippen LogP contribution in [0.5, 0.6) is 0 Å². The number of allylic oxidation sites excluding steroid dienone is 1. The highest BCUT2D eigenvalue weighted by Gasteiger charge is 2.60. The molecule has 1 aliphatic rings. The van der Waals surface area contributed by atoms with E-state index in [1.165, 1.54) is 0 Å². The summed E-state index contributed by atoms with van der Waals surface area (Å²) in [6, 6.07) is 0. The zero-order chi connectivity index (χ0) is 10.4. The van der Waals surface area contributed by atoms with Crippen LogP contribution >= 0.6 is 31.9 Å². The molecule has 0 unspecified atom stereocenters. The van der Waals surface area contributed by atoms with Crippen molar-refractivity contribution in [3.63, 3.8) is 0 Å². The van der Waals surface area contributed by atoms with Crippen molar-refractivity contribution in [2.24, 2.45) is 22.7 Å². The first-order valence-electron chi connectivity index (χ1n) is 4.70. The summed E-state index contributed by atoms with van der Waals surface area (Å²) < 4.78 is 1.09. The minimum absolute atomic E-state index is 0.417. The molecule has 0 aromatic heterocycles. The molecule has 0 spiro atoms. The molecular weight excluding hydrogens is 292 g/mol. The van der Waals surface area contributed by atoms with Gasteiger partial charge in [0.1, 0.15) is 0 Å². The zero-order valence-electron chi connectivity index (χ0n) is 8.99. The van der Waals surface area contributed by atoms with Crippen molar-refractivity contribution in [3.8, 4) is 0 Å². The SMILES string of the molecule is CC(C)(C)[C@H]1[C@H](C=C(Br)Br)C1(C)C. The number of rotatable bonds is 1. The van der Waals surface area contributed by atoms with Gasteiger partial charge < -0.3 is 0 Å². The Morgan fingerprint density at radius 1 is 1.23 bits per heavy atom. The maximum absolute atomic E-state index is 3.44. The fraction of sp³-hybridized carbons (Fsp3) is 0.818. The van der Waals surface area contributed by atoms with E-state index < -0.39 is 0 Å². The van der Waals surface area contributed by atoms with E-state index in [0.717, 1.165) is 9.31 Å². The molecule has 1 fully saturated rings. The number of hydrogen-bond donors (Lipinski definition) is 0. The summed E-state index contributed by atoms with van der Waals surface area (Å²) in [5.41, 5.74) is 0.880. The van der Waals surface area contributed by atoms with Gasteiger partial charge in [0.05, 0.1) is 3.39 Å². The maximum Gasteiger partial charge on any atom is 0.0567 e. The Morgan fingerprint density at radius 3 is 1.92 bits per heavy atom. The summed E-state index contributed by atoms with van der Waals surface area (Å²) in [4.78, 5) is 0. The predicted molar refractivity (Wildman–Crippen MR) is 66.2 cm³/mol. The van der Waals surface area contributed by atoms with Crippen molar-refractivity contribution in [1.82, 2.24) is 0 Å². The molecule has 0 radical (unpaired) electrons. The summed E-state index contributed by atoms with van der Waals surface area (Å²) in [5, 5.41) is 0. The van der Waals surface area contributed by atoms with Crippen molar-refractivity contribution in [3.05, 3.63) is 9.47 Å². The highest BCUT2D eigenvalue weighted by molar-refractivity contribution is 9.28. The second kappa shape index (κ2) is 3.37. The van der Waals surface area contributed by atoms with E-state index in [4.69, 9.17) is 0 Å². The first kappa shape index (κ1) is 11.8. The van der Waals surface area contributed by atoms with Crippen LogP contribution in [0.4, 0.5) is 0 Å². The Morgan fingerprint density at radius 2 is 1.69 bits per heavy atom. The lowest BCUT2D eigenvalue weighted by Crippen LogP contribution is -2.12. The Hall–Kier alpha value is 0.700. The third-order valence-electron chi connectivity index (χ3n) is 3.15. The molecule has 0 bridgehead atoms. The van der Waals surface area contributed by atoms with Crippen molar-refractivity contribution >= 4 is 31.9 Å². The van der Waals surface area contributed by atoms with Gasteiger partial charge in [-0.05, 0) is 54.5 Å². The maximum atomic E-state index is 3.44. The smallest absolute Gasteiger partial charge is 0.0567 e. The lowest BCUT2D eigenvalue weighted by Gasteiger charge is -2.20. The van der Waals surface area contributed by atoms with Crippen molar-refractivity contribution in [1.29, 1.82) is 0 Å². The average molecular weight is 310 g/mol. The Labute approximate surface area is 98.4 Å². The predicted octanol–water partition coefficient (Wildman–Crippen LogP) is 4.94.